The van der Waals surface area contributed by atoms with Crippen molar-refractivity contribution in [1.82, 2.24) is 10.0 Å². The second-order valence-electron chi connectivity index (χ2n) is 4.34. The fraction of sp³-hybridized carbons (Fsp3) is 1.00. The first-order valence-corrected chi connectivity index (χ1v) is 9.75. The molecule has 17 heavy (non-hydrogen) atoms. The van der Waals surface area contributed by atoms with Crippen molar-refractivity contribution in [2.75, 3.05) is 36.1 Å². The number of thioether (sulfide) groups is 2. The molecular weight excluding hydrogens is 276 g/mol. The van der Waals surface area contributed by atoms with E-state index in [4.69, 9.17) is 0 Å². The van der Waals surface area contributed by atoms with Crippen molar-refractivity contribution >= 4 is 33.5 Å². The summed E-state index contributed by atoms with van der Waals surface area (Å²) in [5.74, 6) is 3.53. The van der Waals surface area contributed by atoms with E-state index in [0.29, 0.717) is 24.4 Å². The Labute approximate surface area is 113 Å². The molecule has 7 heteroatoms. The zero-order valence-corrected chi connectivity index (χ0v) is 12.9. The summed E-state index contributed by atoms with van der Waals surface area (Å²) in [6.07, 6.45) is 0. The molecule has 1 aliphatic rings. The SMILES string of the molecule is CC(C)NCCS(=O)(=O)NCC1CSCCS1. The van der Waals surface area contributed by atoms with Crippen LogP contribution in [0, 0.1) is 0 Å². The van der Waals surface area contributed by atoms with E-state index >= 15 is 0 Å². The Morgan fingerprint density at radius 3 is 2.71 bits per heavy atom. The van der Waals surface area contributed by atoms with Gasteiger partial charge >= 0.3 is 0 Å². The molecule has 0 spiro atoms. The maximum absolute atomic E-state index is 11.7. The predicted molar refractivity (Wildman–Crippen MR) is 78.5 cm³/mol. The summed E-state index contributed by atoms with van der Waals surface area (Å²) in [5.41, 5.74) is 0. The molecule has 0 bridgehead atoms. The summed E-state index contributed by atoms with van der Waals surface area (Å²) in [5, 5.41) is 3.54. The van der Waals surface area contributed by atoms with Crippen molar-refractivity contribution in [2.45, 2.75) is 25.1 Å². The van der Waals surface area contributed by atoms with E-state index in [1.807, 2.05) is 37.4 Å². The van der Waals surface area contributed by atoms with Gasteiger partial charge in [-0.15, -0.1) is 0 Å². The van der Waals surface area contributed by atoms with Crippen molar-refractivity contribution in [1.29, 1.82) is 0 Å². The van der Waals surface area contributed by atoms with Crippen LogP contribution in [-0.2, 0) is 10.0 Å². The molecule has 0 amide bonds. The Balaban J connectivity index is 2.19. The molecule has 1 aliphatic heterocycles. The van der Waals surface area contributed by atoms with Gasteiger partial charge in [0.1, 0.15) is 0 Å². The third-order valence-electron chi connectivity index (χ3n) is 2.34. The topological polar surface area (TPSA) is 58.2 Å². The van der Waals surface area contributed by atoms with E-state index in [9.17, 15) is 8.42 Å². The Bertz CT molecular complexity index is 301. The monoisotopic (exact) mass is 298 g/mol. The highest BCUT2D eigenvalue weighted by molar-refractivity contribution is 8.06. The van der Waals surface area contributed by atoms with Crippen molar-refractivity contribution in [3.05, 3.63) is 0 Å². The second-order valence-corrected chi connectivity index (χ2v) is 8.83. The van der Waals surface area contributed by atoms with E-state index in [1.165, 1.54) is 5.75 Å². The molecule has 0 aromatic carbocycles. The standard InChI is InChI=1S/C10H22N2O2S3/c1-9(2)11-3-6-17(13,14)12-7-10-8-15-4-5-16-10/h9-12H,3-8H2,1-2H3. The van der Waals surface area contributed by atoms with Crippen LogP contribution in [0.25, 0.3) is 0 Å². The molecule has 0 saturated carbocycles. The second kappa shape index (κ2) is 7.89. The number of sulfonamides is 1. The molecule has 1 rings (SSSR count). The van der Waals surface area contributed by atoms with E-state index in [1.54, 1.807) is 0 Å². The van der Waals surface area contributed by atoms with Gasteiger partial charge in [-0.2, -0.15) is 23.5 Å². The van der Waals surface area contributed by atoms with Crippen molar-refractivity contribution < 1.29 is 8.42 Å². The quantitative estimate of drug-likeness (QED) is 0.726. The van der Waals surface area contributed by atoms with Crippen molar-refractivity contribution in [3.63, 3.8) is 0 Å². The van der Waals surface area contributed by atoms with Crippen molar-refractivity contribution in [3.8, 4) is 0 Å². The van der Waals surface area contributed by atoms with Crippen LogP contribution in [0.2, 0.25) is 0 Å². The zero-order valence-electron chi connectivity index (χ0n) is 10.4. The number of hydrogen-bond acceptors (Lipinski definition) is 5. The number of hydrogen-bond donors (Lipinski definition) is 2. The predicted octanol–water partition coefficient (Wildman–Crippen LogP) is 0.752. The third-order valence-corrected chi connectivity index (χ3v) is 6.53. The molecule has 1 saturated heterocycles. The van der Waals surface area contributed by atoms with E-state index in [0.717, 1.165) is 11.5 Å². The van der Waals surface area contributed by atoms with Crippen LogP contribution in [0.3, 0.4) is 0 Å². The first-order valence-electron chi connectivity index (χ1n) is 5.89. The summed E-state index contributed by atoms with van der Waals surface area (Å²) in [4.78, 5) is 0. The third kappa shape index (κ3) is 7.56. The summed E-state index contributed by atoms with van der Waals surface area (Å²) in [6.45, 7) is 5.10. The van der Waals surface area contributed by atoms with Crippen LogP contribution in [0.4, 0.5) is 0 Å². The minimum absolute atomic E-state index is 0.162. The maximum Gasteiger partial charge on any atom is 0.212 e. The van der Waals surface area contributed by atoms with E-state index in [2.05, 4.69) is 10.0 Å². The molecule has 0 aromatic rings. The van der Waals surface area contributed by atoms with Gasteiger partial charge in [0.05, 0.1) is 5.75 Å². The fourth-order valence-electron chi connectivity index (χ4n) is 1.43. The van der Waals surface area contributed by atoms with Crippen LogP contribution >= 0.6 is 23.5 Å². The average molecular weight is 298 g/mol. The van der Waals surface area contributed by atoms with Crippen LogP contribution in [-0.4, -0.2) is 55.8 Å². The minimum atomic E-state index is -3.11. The molecule has 0 aromatic heterocycles. The molecule has 0 radical (unpaired) electrons. The summed E-state index contributed by atoms with van der Waals surface area (Å²) in [7, 11) is -3.11. The van der Waals surface area contributed by atoms with Gasteiger partial charge in [-0.1, -0.05) is 13.8 Å². The fourth-order valence-corrected chi connectivity index (χ4v) is 5.13. The number of rotatable bonds is 7. The maximum atomic E-state index is 11.7. The van der Waals surface area contributed by atoms with Gasteiger partial charge in [-0.3, -0.25) is 0 Å². The summed E-state index contributed by atoms with van der Waals surface area (Å²) < 4.78 is 26.1. The van der Waals surface area contributed by atoms with Crippen LogP contribution in [0.1, 0.15) is 13.8 Å². The smallest absolute Gasteiger partial charge is 0.212 e. The van der Waals surface area contributed by atoms with Gasteiger partial charge in [-0.25, -0.2) is 13.1 Å². The van der Waals surface area contributed by atoms with E-state index < -0.39 is 10.0 Å². The highest BCUT2D eigenvalue weighted by Gasteiger charge is 2.17. The Morgan fingerprint density at radius 1 is 1.35 bits per heavy atom. The summed E-state index contributed by atoms with van der Waals surface area (Å²) >= 11 is 3.78. The normalized spacial score (nSPS) is 21.9. The van der Waals surface area contributed by atoms with Gasteiger partial charge in [0.15, 0.2) is 0 Å². The molecule has 1 unspecified atom stereocenters. The molecule has 0 aliphatic carbocycles. The first kappa shape index (κ1) is 15.6. The molecular formula is C10H22N2O2S3. The Kier molecular flexibility index (Phi) is 7.25. The Hall–Kier alpha value is 0.570. The molecule has 4 nitrogen and oxygen atoms in total. The van der Waals surface area contributed by atoms with Crippen molar-refractivity contribution in [2.24, 2.45) is 0 Å². The lowest BCUT2D eigenvalue weighted by atomic mass is 10.4. The van der Waals surface area contributed by atoms with Gasteiger partial charge in [0, 0.05) is 41.6 Å². The first-order chi connectivity index (χ1) is 7.99. The molecule has 102 valence electrons. The molecule has 2 N–H and O–H groups in total. The minimum Gasteiger partial charge on any atom is -0.313 e. The van der Waals surface area contributed by atoms with Crippen LogP contribution in [0.5, 0.6) is 0 Å². The molecule has 1 atom stereocenters. The molecule has 1 fully saturated rings. The lowest BCUT2D eigenvalue weighted by molar-refractivity contribution is 0.567. The summed E-state index contributed by atoms with van der Waals surface area (Å²) in [6, 6.07) is 0.329. The van der Waals surface area contributed by atoms with Crippen LogP contribution in [0.15, 0.2) is 0 Å². The highest BCUT2D eigenvalue weighted by atomic mass is 32.2. The highest BCUT2D eigenvalue weighted by Crippen LogP contribution is 2.23. The largest absolute Gasteiger partial charge is 0.313 e. The zero-order chi connectivity index (χ0) is 12.7. The Morgan fingerprint density at radius 2 is 2.12 bits per heavy atom. The lowest BCUT2D eigenvalue weighted by Crippen LogP contribution is -2.38. The van der Waals surface area contributed by atoms with Gasteiger partial charge in [0.25, 0.3) is 0 Å². The van der Waals surface area contributed by atoms with Gasteiger partial charge < -0.3 is 5.32 Å². The lowest BCUT2D eigenvalue weighted by Gasteiger charge is -2.21. The number of nitrogens with one attached hydrogen (secondary N) is 2. The van der Waals surface area contributed by atoms with Gasteiger partial charge in [-0.05, 0) is 0 Å². The van der Waals surface area contributed by atoms with Crippen LogP contribution < -0.4 is 10.0 Å². The average Bonchev–Trinajstić information content (AvgIpc) is 2.27. The van der Waals surface area contributed by atoms with E-state index in [-0.39, 0.29) is 5.75 Å². The van der Waals surface area contributed by atoms with Gasteiger partial charge in [0.2, 0.25) is 10.0 Å². The molecule has 1 heterocycles.